The van der Waals surface area contributed by atoms with Crippen LogP contribution in [0, 0.1) is 0 Å². The minimum Gasteiger partial charge on any atom is -0.493 e. The van der Waals surface area contributed by atoms with E-state index in [2.05, 4.69) is 56.2 Å². The van der Waals surface area contributed by atoms with Crippen molar-refractivity contribution >= 4 is 11.6 Å². The van der Waals surface area contributed by atoms with Crippen molar-refractivity contribution in [1.82, 2.24) is 4.98 Å². The number of nitrogens with zero attached hydrogens (tertiary/aromatic N) is 1. The summed E-state index contributed by atoms with van der Waals surface area (Å²) >= 11 is 0. The van der Waals surface area contributed by atoms with Crippen LogP contribution in [-0.2, 0) is 25.7 Å². The Labute approximate surface area is 163 Å². The quantitative estimate of drug-likeness (QED) is 0.647. The minimum atomic E-state index is -0.135. The molecule has 27 heavy (non-hydrogen) atoms. The van der Waals surface area contributed by atoms with E-state index in [1.807, 2.05) is 13.0 Å². The summed E-state index contributed by atoms with van der Waals surface area (Å²) in [6.45, 7) is 11.0. The second-order valence-corrected chi connectivity index (χ2v) is 6.60. The van der Waals surface area contributed by atoms with E-state index in [0.29, 0.717) is 24.3 Å². The van der Waals surface area contributed by atoms with Crippen molar-refractivity contribution < 1.29 is 9.53 Å². The Morgan fingerprint density at radius 2 is 1.67 bits per heavy atom. The van der Waals surface area contributed by atoms with Gasteiger partial charge in [0.1, 0.15) is 11.3 Å². The van der Waals surface area contributed by atoms with E-state index in [9.17, 15) is 4.79 Å². The molecular formula is C23H32N2O2. The number of anilines is 1. The Morgan fingerprint density at radius 3 is 2.19 bits per heavy atom. The summed E-state index contributed by atoms with van der Waals surface area (Å²) in [5.41, 5.74) is 5.54. The van der Waals surface area contributed by atoms with Gasteiger partial charge in [0.05, 0.1) is 12.3 Å². The SMILES string of the molecule is CCCOc1cc(CC)nc(CC)c1C(=O)Nc1c(CC)cccc1CC. The largest absolute Gasteiger partial charge is 0.493 e. The maximum Gasteiger partial charge on any atom is 0.261 e. The number of amides is 1. The van der Waals surface area contributed by atoms with Crippen LogP contribution in [0.25, 0.3) is 0 Å². The molecule has 1 aromatic carbocycles. The number of carbonyl (C=O) groups excluding carboxylic acids is 1. The molecule has 0 aliphatic carbocycles. The third-order valence-corrected chi connectivity index (χ3v) is 4.73. The van der Waals surface area contributed by atoms with E-state index >= 15 is 0 Å². The highest BCUT2D eigenvalue weighted by Crippen LogP contribution is 2.28. The highest BCUT2D eigenvalue weighted by molar-refractivity contribution is 6.07. The standard InChI is InChI=1S/C23H32N2O2/c1-6-14-27-20-15-18(9-4)24-19(10-5)21(20)23(26)25-22-16(7-2)12-11-13-17(22)8-3/h11-13,15H,6-10,14H2,1-5H3,(H,25,26). The van der Waals surface area contributed by atoms with Gasteiger partial charge in [-0.15, -0.1) is 0 Å². The molecule has 0 bridgehead atoms. The first-order valence-electron chi connectivity index (χ1n) is 10.2. The zero-order valence-electron chi connectivity index (χ0n) is 17.3. The van der Waals surface area contributed by atoms with Crippen LogP contribution in [-0.4, -0.2) is 17.5 Å². The molecule has 1 N–H and O–H groups in total. The molecule has 0 unspecified atom stereocenters. The molecular weight excluding hydrogens is 336 g/mol. The first-order chi connectivity index (χ1) is 13.1. The number of aromatic nitrogens is 1. The van der Waals surface area contributed by atoms with Gasteiger partial charge in [0.25, 0.3) is 5.91 Å². The monoisotopic (exact) mass is 368 g/mol. The van der Waals surface area contributed by atoms with Crippen LogP contribution in [0.2, 0.25) is 0 Å². The van der Waals surface area contributed by atoms with Gasteiger partial charge in [-0.3, -0.25) is 9.78 Å². The maximum absolute atomic E-state index is 13.3. The Bertz CT molecular complexity index is 762. The van der Waals surface area contributed by atoms with Crippen LogP contribution in [0.1, 0.15) is 73.9 Å². The average molecular weight is 369 g/mol. The van der Waals surface area contributed by atoms with E-state index in [4.69, 9.17) is 4.74 Å². The number of carbonyl (C=O) groups is 1. The number of para-hydroxylation sites is 1. The normalized spacial score (nSPS) is 10.7. The molecule has 0 atom stereocenters. The molecule has 4 heteroatoms. The topological polar surface area (TPSA) is 51.2 Å². The minimum absolute atomic E-state index is 0.135. The van der Waals surface area contributed by atoms with Gasteiger partial charge >= 0.3 is 0 Å². The van der Waals surface area contributed by atoms with Gasteiger partial charge in [-0.2, -0.15) is 0 Å². The smallest absolute Gasteiger partial charge is 0.261 e. The molecule has 1 amide bonds. The van der Waals surface area contributed by atoms with Gasteiger partial charge in [-0.25, -0.2) is 0 Å². The summed E-state index contributed by atoms with van der Waals surface area (Å²) < 4.78 is 5.94. The first-order valence-corrected chi connectivity index (χ1v) is 10.2. The van der Waals surface area contributed by atoms with Crippen molar-refractivity contribution in [3.63, 3.8) is 0 Å². The lowest BCUT2D eigenvalue weighted by Crippen LogP contribution is -2.19. The van der Waals surface area contributed by atoms with Crippen molar-refractivity contribution in [3.8, 4) is 5.75 Å². The Hall–Kier alpha value is -2.36. The molecule has 2 rings (SSSR count). The summed E-state index contributed by atoms with van der Waals surface area (Å²) in [5, 5.41) is 3.17. The summed E-state index contributed by atoms with van der Waals surface area (Å²) in [4.78, 5) is 18.0. The summed E-state index contributed by atoms with van der Waals surface area (Å²) in [6, 6.07) is 8.11. The molecule has 0 saturated heterocycles. The fraction of sp³-hybridized carbons (Fsp3) is 0.478. The van der Waals surface area contributed by atoms with Crippen molar-refractivity contribution in [2.45, 2.75) is 66.7 Å². The van der Waals surface area contributed by atoms with Gasteiger partial charge < -0.3 is 10.1 Å². The Morgan fingerprint density at radius 1 is 1.00 bits per heavy atom. The van der Waals surface area contributed by atoms with E-state index in [1.54, 1.807) is 0 Å². The van der Waals surface area contributed by atoms with E-state index in [0.717, 1.165) is 53.9 Å². The van der Waals surface area contributed by atoms with Crippen LogP contribution in [0.5, 0.6) is 5.75 Å². The third-order valence-electron chi connectivity index (χ3n) is 4.73. The van der Waals surface area contributed by atoms with Crippen LogP contribution >= 0.6 is 0 Å². The summed E-state index contributed by atoms with van der Waals surface area (Å²) in [6.07, 6.45) is 4.14. The third kappa shape index (κ3) is 4.88. The van der Waals surface area contributed by atoms with Crippen molar-refractivity contribution in [3.05, 3.63) is 52.3 Å². The number of benzene rings is 1. The summed E-state index contributed by atoms with van der Waals surface area (Å²) in [7, 11) is 0. The van der Waals surface area contributed by atoms with E-state index in [-0.39, 0.29) is 5.91 Å². The average Bonchev–Trinajstić information content (AvgIpc) is 2.71. The molecule has 4 nitrogen and oxygen atoms in total. The lowest BCUT2D eigenvalue weighted by atomic mass is 10.0. The molecule has 0 saturated carbocycles. The number of hydrogen-bond donors (Lipinski definition) is 1. The van der Waals surface area contributed by atoms with Crippen molar-refractivity contribution in [2.24, 2.45) is 0 Å². The lowest BCUT2D eigenvalue weighted by Gasteiger charge is -2.18. The number of rotatable bonds is 9. The van der Waals surface area contributed by atoms with Crippen LogP contribution in [0.15, 0.2) is 24.3 Å². The second-order valence-electron chi connectivity index (χ2n) is 6.60. The highest BCUT2D eigenvalue weighted by Gasteiger charge is 2.21. The second kappa shape index (κ2) is 10.1. The predicted octanol–water partition coefficient (Wildman–Crippen LogP) is 5.37. The molecule has 1 heterocycles. The fourth-order valence-electron chi connectivity index (χ4n) is 3.21. The van der Waals surface area contributed by atoms with E-state index in [1.165, 1.54) is 0 Å². The molecule has 0 fully saturated rings. The lowest BCUT2D eigenvalue weighted by molar-refractivity contribution is 0.102. The number of aryl methyl sites for hydroxylation is 4. The van der Waals surface area contributed by atoms with Gasteiger partial charge in [0.2, 0.25) is 0 Å². The van der Waals surface area contributed by atoms with Crippen LogP contribution in [0.3, 0.4) is 0 Å². The molecule has 0 aliphatic heterocycles. The maximum atomic E-state index is 13.3. The molecule has 1 aromatic heterocycles. The number of nitrogens with one attached hydrogen (secondary N) is 1. The Kier molecular flexibility index (Phi) is 7.83. The first kappa shape index (κ1) is 20.9. The van der Waals surface area contributed by atoms with E-state index < -0.39 is 0 Å². The number of ether oxygens (including phenoxy) is 1. The van der Waals surface area contributed by atoms with Gasteiger partial charge in [-0.05, 0) is 43.2 Å². The highest BCUT2D eigenvalue weighted by atomic mass is 16.5. The van der Waals surface area contributed by atoms with Crippen molar-refractivity contribution in [1.29, 1.82) is 0 Å². The molecule has 146 valence electrons. The fourth-order valence-corrected chi connectivity index (χ4v) is 3.21. The molecule has 0 aliphatic rings. The van der Waals surface area contributed by atoms with Gasteiger partial charge in [-0.1, -0.05) is 52.8 Å². The number of hydrogen-bond acceptors (Lipinski definition) is 3. The Balaban J connectivity index is 2.49. The van der Waals surface area contributed by atoms with Crippen LogP contribution in [0.4, 0.5) is 5.69 Å². The zero-order chi connectivity index (χ0) is 19.8. The molecule has 0 radical (unpaired) electrons. The zero-order valence-corrected chi connectivity index (χ0v) is 17.3. The van der Waals surface area contributed by atoms with Gasteiger partial charge in [0, 0.05) is 17.4 Å². The number of pyridine rings is 1. The van der Waals surface area contributed by atoms with Crippen molar-refractivity contribution in [2.75, 3.05) is 11.9 Å². The van der Waals surface area contributed by atoms with Crippen LogP contribution < -0.4 is 10.1 Å². The molecule has 0 spiro atoms. The predicted molar refractivity (Wildman–Crippen MR) is 112 cm³/mol. The molecule has 2 aromatic rings. The summed E-state index contributed by atoms with van der Waals surface area (Å²) in [5.74, 6) is 0.508. The van der Waals surface area contributed by atoms with Gasteiger partial charge in [0.15, 0.2) is 0 Å².